The standard InChI is InChI=1S/C23H21F3N4O3/c1-2-33-20(31)13-30-12-19(28-29-30)22(32)21-18-11-16(4-3-15(18)9-10-27-21)14-5-7-17(8-6-14)23(24,25)26/h3-8,11-12,21,27H,2,9-10,13H2,1H3. The maximum atomic E-state index is 13.2. The molecule has 172 valence electrons. The summed E-state index contributed by atoms with van der Waals surface area (Å²) in [5.41, 5.74) is 2.41. The summed E-state index contributed by atoms with van der Waals surface area (Å²) >= 11 is 0. The molecule has 2 aromatic carbocycles. The van der Waals surface area contributed by atoms with Gasteiger partial charge in [-0.1, -0.05) is 29.5 Å². The molecule has 0 spiro atoms. The summed E-state index contributed by atoms with van der Waals surface area (Å²) < 4.78 is 44.7. The number of fused-ring (bicyclic) bond motifs is 1. The first-order chi connectivity index (χ1) is 15.8. The zero-order valence-corrected chi connectivity index (χ0v) is 17.7. The third-order valence-corrected chi connectivity index (χ3v) is 5.39. The molecule has 10 heteroatoms. The van der Waals surface area contributed by atoms with Crippen molar-refractivity contribution in [2.24, 2.45) is 0 Å². The number of hydrogen-bond donors (Lipinski definition) is 1. The van der Waals surface area contributed by atoms with E-state index < -0.39 is 23.8 Å². The second-order valence-electron chi connectivity index (χ2n) is 7.60. The lowest BCUT2D eigenvalue weighted by molar-refractivity contribution is -0.144. The van der Waals surface area contributed by atoms with Crippen molar-refractivity contribution in [1.82, 2.24) is 20.3 Å². The second kappa shape index (κ2) is 9.14. The monoisotopic (exact) mass is 458 g/mol. The molecule has 3 aromatic rings. The highest BCUT2D eigenvalue weighted by Gasteiger charge is 2.31. The summed E-state index contributed by atoms with van der Waals surface area (Å²) in [4.78, 5) is 24.8. The van der Waals surface area contributed by atoms with Crippen LogP contribution in [-0.4, -0.2) is 39.9 Å². The van der Waals surface area contributed by atoms with Crippen molar-refractivity contribution in [2.45, 2.75) is 32.1 Å². The molecular weight excluding hydrogens is 437 g/mol. The topological polar surface area (TPSA) is 86.1 Å². The summed E-state index contributed by atoms with van der Waals surface area (Å²) in [5, 5.41) is 10.9. The van der Waals surface area contributed by atoms with Crippen LogP contribution in [0.15, 0.2) is 48.7 Å². The largest absolute Gasteiger partial charge is 0.465 e. The average Bonchev–Trinajstić information content (AvgIpc) is 3.26. The van der Waals surface area contributed by atoms with Gasteiger partial charge >= 0.3 is 12.1 Å². The Kier molecular flexibility index (Phi) is 6.28. The minimum Gasteiger partial charge on any atom is -0.465 e. The maximum Gasteiger partial charge on any atom is 0.416 e. The number of nitrogens with zero attached hydrogens (tertiary/aromatic N) is 3. The van der Waals surface area contributed by atoms with Gasteiger partial charge in [-0.25, -0.2) is 4.68 Å². The third kappa shape index (κ3) is 4.95. The van der Waals surface area contributed by atoms with Crippen LogP contribution in [0.5, 0.6) is 0 Å². The molecule has 1 aliphatic rings. The molecule has 0 amide bonds. The van der Waals surface area contributed by atoms with Gasteiger partial charge < -0.3 is 10.1 Å². The molecule has 1 unspecified atom stereocenters. The van der Waals surface area contributed by atoms with Crippen LogP contribution >= 0.6 is 0 Å². The quantitative estimate of drug-likeness (QED) is 0.449. The summed E-state index contributed by atoms with van der Waals surface area (Å²) in [5.74, 6) is -0.792. The number of carbonyl (C=O) groups excluding carboxylic acids is 2. The van der Waals surface area contributed by atoms with Crippen LogP contribution in [0.3, 0.4) is 0 Å². The number of carbonyl (C=O) groups is 2. The van der Waals surface area contributed by atoms with Crippen molar-refractivity contribution in [3.63, 3.8) is 0 Å². The number of halogens is 3. The van der Waals surface area contributed by atoms with Gasteiger partial charge in [0.2, 0.25) is 5.78 Å². The van der Waals surface area contributed by atoms with Gasteiger partial charge in [0.05, 0.1) is 24.4 Å². The first-order valence-corrected chi connectivity index (χ1v) is 10.4. The van der Waals surface area contributed by atoms with Gasteiger partial charge in [0.1, 0.15) is 6.54 Å². The van der Waals surface area contributed by atoms with Crippen molar-refractivity contribution in [3.05, 3.63) is 71.0 Å². The smallest absolute Gasteiger partial charge is 0.416 e. The van der Waals surface area contributed by atoms with E-state index in [0.29, 0.717) is 24.1 Å². The molecule has 1 N–H and O–H groups in total. The number of Topliss-reactive ketones (excluding diaryl/α,β-unsaturated/α-hetero) is 1. The molecule has 1 atom stereocenters. The van der Waals surface area contributed by atoms with E-state index in [9.17, 15) is 22.8 Å². The predicted octanol–water partition coefficient (Wildman–Crippen LogP) is 3.60. The molecular formula is C23H21F3N4O3. The Morgan fingerprint density at radius 2 is 1.88 bits per heavy atom. The predicted molar refractivity (Wildman–Crippen MR) is 112 cm³/mol. The van der Waals surface area contributed by atoms with Crippen molar-refractivity contribution in [1.29, 1.82) is 0 Å². The maximum absolute atomic E-state index is 13.2. The van der Waals surface area contributed by atoms with E-state index >= 15 is 0 Å². The number of esters is 1. The van der Waals surface area contributed by atoms with Crippen LogP contribution in [0.1, 0.15) is 40.1 Å². The summed E-state index contributed by atoms with van der Waals surface area (Å²) in [6, 6.07) is 9.77. The lowest BCUT2D eigenvalue weighted by Gasteiger charge is -2.26. The molecule has 0 radical (unpaired) electrons. The van der Waals surface area contributed by atoms with Gasteiger partial charge in [0.25, 0.3) is 0 Å². The minimum atomic E-state index is -4.40. The van der Waals surface area contributed by atoms with E-state index in [1.807, 2.05) is 18.2 Å². The van der Waals surface area contributed by atoms with Gasteiger partial charge in [0.15, 0.2) is 5.69 Å². The summed E-state index contributed by atoms with van der Waals surface area (Å²) in [7, 11) is 0. The number of rotatable bonds is 6. The number of ketones is 1. The van der Waals surface area contributed by atoms with E-state index in [0.717, 1.165) is 23.3 Å². The Bertz CT molecular complexity index is 1170. The van der Waals surface area contributed by atoms with E-state index in [2.05, 4.69) is 15.6 Å². The van der Waals surface area contributed by atoms with Crippen LogP contribution in [0.25, 0.3) is 11.1 Å². The summed E-state index contributed by atoms with van der Waals surface area (Å²) in [6.45, 7) is 2.36. The highest BCUT2D eigenvalue weighted by Crippen LogP contribution is 2.33. The Balaban J connectivity index is 1.59. The zero-order valence-electron chi connectivity index (χ0n) is 17.7. The molecule has 0 fully saturated rings. The normalized spacial score (nSPS) is 15.7. The summed E-state index contributed by atoms with van der Waals surface area (Å²) in [6.07, 6.45) is -2.29. The van der Waals surface area contributed by atoms with Crippen LogP contribution < -0.4 is 5.32 Å². The number of alkyl halides is 3. The zero-order chi connectivity index (χ0) is 23.6. The average molecular weight is 458 g/mol. The molecule has 4 rings (SSSR count). The molecule has 0 aliphatic carbocycles. The number of ether oxygens (including phenoxy) is 1. The Hall–Kier alpha value is -3.53. The van der Waals surface area contributed by atoms with Crippen LogP contribution in [0, 0.1) is 0 Å². The molecule has 1 aliphatic heterocycles. The van der Waals surface area contributed by atoms with Crippen LogP contribution in [0.4, 0.5) is 13.2 Å². The fourth-order valence-electron chi connectivity index (χ4n) is 3.79. The van der Waals surface area contributed by atoms with Crippen LogP contribution in [0.2, 0.25) is 0 Å². The Morgan fingerprint density at radius 3 is 2.58 bits per heavy atom. The highest BCUT2D eigenvalue weighted by atomic mass is 19.4. The Morgan fingerprint density at radius 1 is 1.15 bits per heavy atom. The molecule has 33 heavy (non-hydrogen) atoms. The number of nitrogens with one attached hydrogen (secondary N) is 1. The van der Waals surface area contributed by atoms with Gasteiger partial charge in [-0.05, 0) is 53.8 Å². The third-order valence-electron chi connectivity index (χ3n) is 5.39. The highest BCUT2D eigenvalue weighted by molar-refractivity contribution is 5.99. The van der Waals surface area contributed by atoms with Crippen LogP contribution in [-0.2, 0) is 28.7 Å². The van der Waals surface area contributed by atoms with Crippen molar-refractivity contribution in [2.75, 3.05) is 13.2 Å². The molecule has 7 nitrogen and oxygen atoms in total. The fourth-order valence-corrected chi connectivity index (χ4v) is 3.79. The Labute approximate surface area is 187 Å². The number of benzene rings is 2. The van der Waals surface area contributed by atoms with E-state index in [4.69, 9.17) is 4.74 Å². The molecule has 1 aromatic heterocycles. The lowest BCUT2D eigenvalue weighted by Crippen LogP contribution is -2.35. The van der Waals surface area contributed by atoms with Crippen molar-refractivity contribution in [3.8, 4) is 11.1 Å². The van der Waals surface area contributed by atoms with Crippen molar-refractivity contribution >= 4 is 11.8 Å². The first kappa shape index (κ1) is 22.7. The van der Waals surface area contributed by atoms with E-state index in [1.165, 1.54) is 23.0 Å². The number of hydrogen-bond acceptors (Lipinski definition) is 6. The SMILES string of the molecule is CCOC(=O)Cn1cc(C(=O)C2NCCc3ccc(-c4ccc(C(F)(F)F)cc4)cc32)nn1. The lowest BCUT2D eigenvalue weighted by atomic mass is 9.88. The number of aromatic nitrogens is 3. The van der Waals surface area contributed by atoms with Gasteiger partial charge in [-0.3, -0.25) is 9.59 Å². The fraction of sp³-hybridized carbons (Fsp3) is 0.304. The minimum absolute atomic E-state index is 0.101. The van der Waals surface area contributed by atoms with E-state index in [1.54, 1.807) is 6.92 Å². The molecule has 0 bridgehead atoms. The van der Waals surface area contributed by atoms with Gasteiger partial charge in [-0.2, -0.15) is 13.2 Å². The molecule has 2 heterocycles. The molecule has 0 saturated heterocycles. The van der Waals surface area contributed by atoms with Gasteiger partial charge in [0, 0.05) is 6.54 Å². The van der Waals surface area contributed by atoms with E-state index in [-0.39, 0.29) is 24.6 Å². The van der Waals surface area contributed by atoms with Gasteiger partial charge in [-0.15, -0.1) is 5.10 Å². The van der Waals surface area contributed by atoms with Crippen molar-refractivity contribution < 1.29 is 27.5 Å². The second-order valence-corrected chi connectivity index (χ2v) is 7.60. The molecule has 0 saturated carbocycles. The first-order valence-electron chi connectivity index (χ1n) is 10.4.